The second-order valence-corrected chi connectivity index (χ2v) is 8.99. The molecule has 2 aliphatic rings. The van der Waals surface area contributed by atoms with Crippen molar-refractivity contribution in [3.8, 4) is 0 Å². The number of nitrogens with zero attached hydrogens (tertiary/aromatic N) is 2. The van der Waals surface area contributed by atoms with Crippen molar-refractivity contribution in [1.82, 2.24) is 9.03 Å². The maximum absolute atomic E-state index is 12.7. The number of nitrogens with one attached hydrogen (secondary N) is 1. The SMILES string of the molecule is O=S(=O)(N[C@@H]1C[C@H]1c1ccccc1)N1CCN(c2cccc(Cl)c2)CC1. The highest BCUT2D eigenvalue weighted by Gasteiger charge is 2.42. The Labute approximate surface area is 159 Å². The fourth-order valence-corrected chi connectivity index (χ4v) is 5.14. The Kier molecular flexibility index (Phi) is 4.92. The van der Waals surface area contributed by atoms with Gasteiger partial charge in [0.1, 0.15) is 0 Å². The van der Waals surface area contributed by atoms with E-state index in [-0.39, 0.29) is 6.04 Å². The Balaban J connectivity index is 1.34. The second kappa shape index (κ2) is 7.19. The van der Waals surface area contributed by atoms with E-state index < -0.39 is 10.2 Å². The zero-order valence-electron chi connectivity index (χ0n) is 14.4. The summed E-state index contributed by atoms with van der Waals surface area (Å²) in [7, 11) is -3.44. The van der Waals surface area contributed by atoms with Crippen LogP contribution < -0.4 is 9.62 Å². The van der Waals surface area contributed by atoms with Gasteiger partial charge in [0.15, 0.2) is 0 Å². The van der Waals surface area contributed by atoms with Crippen molar-refractivity contribution in [2.24, 2.45) is 0 Å². The lowest BCUT2D eigenvalue weighted by Gasteiger charge is -2.35. The highest BCUT2D eigenvalue weighted by molar-refractivity contribution is 7.87. The maximum atomic E-state index is 12.7. The lowest BCUT2D eigenvalue weighted by atomic mass is 10.1. The third-order valence-electron chi connectivity index (χ3n) is 5.07. The summed E-state index contributed by atoms with van der Waals surface area (Å²) in [6, 6.07) is 17.8. The quantitative estimate of drug-likeness (QED) is 0.852. The third-order valence-corrected chi connectivity index (χ3v) is 6.95. The average Bonchev–Trinajstić information content (AvgIpc) is 3.41. The lowest BCUT2D eigenvalue weighted by Crippen LogP contribution is -2.52. The first-order valence-corrected chi connectivity index (χ1v) is 10.7. The molecule has 5 nitrogen and oxygen atoms in total. The van der Waals surface area contributed by atoms with Crippen LogP contribution in [0, 0.1) is 0 Å². The maximum Gasteiger partial charge on any atom is 0.279 e. The molecule has 0 spiro atoms. The first-order chi connectivity index (χ1) is 12.5. The Morgan fingerprint density at radius 2 is 1.69 bits per heavy atom. The van der Waals surface area contributed by atoms with Gasteiger partial charge in [-0.05, 0) is 30.2 Å². The molecule has 1 aliphatic carbocycles. The molecule has 1 N–H and O–H groups in total. The van der Waals surface area contributed by atoms with Gasteiger partial charge < -0.3 is 4.90 Å². The predicted molar refractivity (Wildman–Crippen MR) is 105 cm³/mol. The van der Waals surface area contributed by atoms with Crippen LogP contribution in [0.1, 0.15) is 17.9 Å². The van der Waals surface area contributed by atoms with E-state index >= 15 is 0 Å². The standard InChI is InChI=1S/C19H22ClN3O2S/c20-16-7-4-8-17(13-16)22-9-11-23(12-10-22)26(24,25)21-19-14-18(19)15-5-2-1-3-6-15/h1-8,13,18-19,21H,9-12,14H2/t18-,19+/m0/s1. The minimum Gasteiger partial charge on any atom is -0.369 e. The molecule has 0 aromatic heterocycles. The van der Waals surface area contributed by atoms with Crippen LogP contribution >= 0.6 is 11.6 Å². The van der Waals surface area contributed by atoms with Gasteiger partial charge in [0, 0.05) is 48.8 Å². The average molecular weight is 392 g/mol. The van der Waals surface area contributed by atoms with Crippen molar-refractivity contribution >= 4 is 27.5 Å². The molecular weight excluding hydrogens is 370 g/mol. The molecule has 138 valence electrons. The van der Waals surface area contributed by atoms with Gasteiger partial charge in [-0.25, -0.2) is 0 Å². The van der Waals surface area contributed by atoms with E-state index in [1.807, 2.05) is 42.5 Å². The Morgan fingerprint density at radius 3 is 2.38 bits per heavy atom. The normalized spacial score (nSPS) is 23.8. The van der Waals surface area contributed by atoms with Gasteiger partial charge in [-0.15, -0.1) is 0 Å². The molecule has 2 aromatic rings. The molecule has 1 heterocycles. The fraction of sp³-hybridized carbons (Fsp3) is 0.368. The predicted octanol–water partition coefficient (Wildman–Crippen LogP) is 2.85. The van der Waals surface area contributed by atoms with Crippen molar-refractivity contribution in [3.05, 3.63) is 65.2 Å². The van der Waals surface area contributed by atoms with Gasteiger partial charge in [-0.3, -0.25) is 0 Å². The van der Waals surface area contributed by atoms with Crippen LogP contribution in [0.15, 0.2) is 54.6 Å². The van der Waals surface area contributed by atoms with Gasteiger partial charge in [0.05, 0.1) is 0 Å². The summed E-state index contributed by atoms with van der Waals surface area (Å²) in [6.07, 6.45) is 0.867. The van der Waals surface area contributed by atoms with Crippen molar-refractivity contribution < 1.29 is 8.42 Å². The van der Waals surface area contributed by atoms with Crippen LogP contribution in [0.5, 0.6) is 0 Å². The van der Waals surface area contributed by atoms with Gasteiger partial charge in [0.25, 0.3) is 10.2 Å². The minimum atomic E-state index is -3.44. The van der Waals surface area contributed by atoms with E-state index in [0.717, 1.165) is 12.1 Å². The first kappa shape index (κ1) is 17.8. The minimum absolute atomic E-state index is 0.00774. The van der Waals surface area contributed by atoms with E-state index in [2.05, 4.69) is 21.8 Å². The van der Waals surface area contributed by atoms with Crippen molar-refractivity contribution in [3.63, 3.8) is 0 Å². The summed E-state index contributed by atoms with van der Waals surface area (Å²) in [6.45, 7) is 2.28. The smallest absolute Gasteiger partial charge is 0.279 e. The summed E-state index contributed by atoms with van der Waals surface area (Å²) in [5.74, 6) is 0.290. The molecular formula is C19H22ClN3O2S. The monoisotopic (exact) mass is 391 g/mol. The third kappa shape index (κ3) is 3.88. The van der Waals surface area contributed by atoms with Gasteiger partial charge in [0.2, 0.25) is 0 Å². The second-order valence-electron chi connectivity index (χ2n) is 6.85. The summed E-state index contributed by atoms with van der Waals surface area (Å²) >= 11 is 6.05. The number of benzene rings is 2. The Morgan fingerprint density at radius 1 is 0.962 bits per heavy atom. The van der Waals surface area contributed by atoms with Crippen LogP contribution in [0.25, 0.3) is 0 Å². The molecule has 0 unspecified atom stereocenters. The highest BCUT2D eigenvalue weighted by Crippen LogP contribution is 2.41. The van der Waals surface area contributed by atoms with E-state index in [1.54, 1.807) is 4.31 Å². The lowest BCUT2D eigenvalue weighted by molar-refractivity contribution is 0.378. The number of anilines is 1. The van der Waals surface area contributed by atoms with Crippen molar-refractivity contribution in [2.75, 3.05) is 31.1 Å². The molecule has 0 radical (unpaired) electrons. The molecule has 1 saturated carbocycles. The van der Waals surface area contributed by atoms with Crippen LogP contribution in [0.4, 0.5) is 5.69 Å². The largest absolute Gasteiger partial charge is 0.369 e. The summed E-state index contributed by atoms with van der Waals surface area (Å²) < 4.78 is 29.8. The van der Waals surface area contributed by atoms with Gasteiger partial charge in [-0.1, -0.05) is 48.0 Å². The van der Waals surface area contributed by atoms with E-state index in [0.29, 0.717) is 37.1 Å². The molecule has 26 heavy (non-hydrogen) atoms. The topological polar surface area (TPSA) is 52.7 Å². The molecule has 0 amide bonds. The molecule has 2 aromatic carbocycles. The van der Waals surface area contributed by atoms with E-state index in [1.165, 1.54) is 5.56 Å². The highest BCUT2D eigenvalue weighted by atomic mass is 35.5. The number of rotatable bonds is 5. The van der Waals surface area contributed by atoms with Gasteiger partial charge >= 0.3 is 0 Å². The van der Waals surface area contributed by atoms with Crippen molar-refractivity contribution in [2.45, 2.75) is 18.4 Å². The number of hydrogen-bond donors (Lipinski definition) is 1. The molecule has 1 aliphatic heterocycles. The number of piperazine rings is 1. The molecule has 2 atom stereocenters. The zero-order chi connectivity index (χ0) is 18.1. The summed E-state index contributed by atoms with van der Waals surface area (Å²) in [5.41, 5.74) is 2.24. The van der Waals surface area contributed by atoms with Crippen LogP contribution in [-0.2, 0) is 10.2 Å². The molecule has 0 bridgehead atoms. The molecule has 2 fully saturated rings. The van der Waals surface area contributed by atoms with Crippen LogP contribution in [-0.4, -0.2) is 44.9 Å². The van der Waals surface area contributed by atoms with Crippen LogP contribution in [0.2, 0.25) is 5.02 Å². The van der Waals surface area contributed by atoms with E-state index in [9.17, 15) is 8.42 Å². The van der Waals surface area contributed by atoms with E-state index in [4.69, 9.17) is 11.6 Å². The zero-order valence-corrected chi connectivity index (χ0v) is 16.0. The Hall–Kier alpha value is -1.60. The molecule has 7 heteroatoms. The summed E-state index contributed by atoms with van der Waals surface area (Å²) in [5, 5.41) is 0.694. The Bertz CT molecular complexity index is 867. The first-order valence-electron chi connectivity index (χ1n) is 8.86. The fourth-order valence-electron chi connectivity index (χ4n) is 3.52. The van der Waals surface area contributed by atoms with Crippen molar-refractivity contribution in [1.29, 1.82) is 0 Å². The molecule has 4 rings (SSSR count). The number of hydrogen-bond acceptors (Lipinski definition) is 3. The number of halogens is 1. The summed E-state index contributed by atoms with van der Waals surface area (Å²) in [4.78, 5) is 2.17. The van der Waals surface area contributed by atoms with Crippen LogP contribution in [0.3, 0.4) is 0 Å². The van der Waals surface area contributed by atoms with Gasteiger partial charge in [-0.2, -0.15) is 17.4 Å². The molecule has 1 saturated heterocycles.